The van der Waals surface area contributed by atoms with Crippen LogP contribution >= 0.6 is 0 Å². The molecule has 0 aromatic carbocycles. The van der Waals surface area contributed by atoms with E-state index in [1.54, 1.807) is 0 Å². The van der Waals surface area contributed by atoms with Crippen molar-refractivity contribution in [2.45, 2.75) is 96.9 Å². The molecule has 0 bridgehead atoms. The van der Waals surface area contributed by atoms with Gasteiger partial charge in [-0.25, -0.2) is 0 Å². The molecule has 1 N–H and O–H groups in total. The van der Waals surface area contributed by atoms with E-state index in [1.807, 2.05) is 0 Å². The molecule has 0 rings (SSSR count). The van der Waals surface area contributed by atoms with E-state index >= 15 is 0 Å². The molecule has 0 aliphatic rings. The fraction of sp³-hybridized carbons (Fsp3) is 1.00. The predicted octanol–water partition coefficient (Wildman–Crippen LogP) is 5.04. The minimum Gasteiger partial charge on any atom is -0.326 e. The lowest BCUT2D eigenvalue weighted by Gasteiger charge is -2.38. The summed E-state index contributed by atoms with van der Waals surface area (Å²) < 4.78 is 31.4. The van der Waals surface area contributed by atoms with Crippen LogP contribution in [0.15, 0.2) is 0 Å². The molecule has 0 aromatic heterocycles. The molecule has 4 nitrogen and oxygen atoms in total. The van der Waals surface area contributed by atoms with Crippen molar-refractivity contribution in [1.82, 2.24) is 0 Å². The average molecular weight is 365 g/mol. The molecule has 1 atom stereocenters. The van der Waals surface area contributed by atoms with Crippen molar-refractivity contribution < 1.29 is 17.5 Å². The lowest BCUT2D eigenvalue weighted by atomic mass is 10.0. The smallest absolute Gasteiger partial charge is 0.265 e. The van der Waals surface area contributed by atoms with Gasteiger partial charge in [0.2, 0.25) is 0 Å². The lowest BCUT2D eigenvalue weighted by Crippen LogP contribution is -2.49. The molecular weight excluding hydrogens is 322 g/mol. The van der Waals surface area contributed by atoms with Gasteiger partial charge in [-0.3, -0.25) is 4.55 Å². The van der Waals surface area contributed by atoms with E-state index < -0.39 is 10.1 Å². The second-order valence-corrected chi connectivity index (χ2v) is 9.39. The molecule has 0 aromatic rings. The monoisotopic (exact) mass is 364 g/mol. The van der Waals surface area contributed by atoms with Crippen molar-refractivity contribution in [3.05, 3.63) is 0 Å². The van der Waals surface area contributed by atoms with Crippen molar-refractivity contribution >= 4 is 10.1 Å². The molecule has 5 heteroatoms. The number of nitrogens with zero attached hydrogens (tertiary/aromatic N) is 1. The molecular formula is C19H42NO3S+. The standard InChI is InChI=1S/C19H41NO3S/c1-5-7-8-9-10-11-12-13-14-16-19(6-2)20(3,4)17-15-18-24(21,22)23/h19H,5-18H2,1-4H3/p+1. The van der Waals surface area contributed by atoms with Crippen molar-refractivity contribution in [2.24, 2.45) is 0 Å². The van der Waals surface area contributed by atoms with Crippen LogP contribution in [0.4, 0.5) is 0 Å². The maximum absolute atomic E-state index is 10.9. The highest BCUT2D eigenvalue weighted by atomic mass is 32.2. The zero-order chi connectivity index (χ0) is 18.5. The van der Waals surface area contributed by atoms with Crippen LogP contribution in [0.25, 0.3) is 0 Å². The van der Waals surface area contributed by atoms with Crippen molar-refractivity contribution in [2.75, 3.05) is 26.4 Å². The van der Waals surface area contributed by atoms with Crippen LogP contribution in [0.3, 0.4) is 0 Å². The molecule has 0 saturated heterocycles. The van der Waals surface area contributed by atoms with Crippen molar-refractivity contribution in [3.63, 3.8) is 0 Å². The fourth-order valence-electron chi connectivity index (χ4n) is 3.58. The zero-order valence-corrected chi connectivity index (χ0v) is 17.4. The summed E-state index contributed by atoms with van der Waals surface area (Å²) in [6.07, 6.45) is 15.0. The zero-order valence-electron chi connectivity index (χ0n) is 16.6. The average Bonchev–Trinajstić information content (AvgIpc) is 2.47. The highest BCUT2D eigenvalue weighted by Gasteiger charge is 2.26. The first kappa shape index (κ1) is 23.9. The lowest BCUT2D eigenvalue weighted by molar-refractivity contribution is -0.915. The van der Waals surface area contributed by atoms with Gasteiger partial charge in [-0.15, -0.1) is 0 Å². The Morgan fingerprint density at radius 1 is 0.833 bits per heavy atom. The van der Waals surface area contributed by atoms with Crippen LogP contribution in [-0.4, -0.2) is 49.9 Å². The van der Waals surface area contributed by atoms with Gasteiger partial charge in [-0.1, -0.05) is 65.2 Å². The van der Waals surface area contributed by atoms with Crippen LogP contribution in [0.2, 0.25) is 0 Å². The van der Waals surface area contributed by atoms with Gasteiger partial charge in [0.05, 0.1) is 32.4 Å². The minimum atomic E-state index is -3.82. The third-order valence-corrected chi connectivity index (χ3v) is 6.04. The van der Waals surface area contributed by atoms with Gasteiger partial charge in [0.25, 0.3) is 10.1 Å². The molecule has 0 spiro atoms. The predicted molar refractivity (Wildman–Crippen MR) is 104 cm³/mol. The van der Waals surface area contributed by atoms with E-state index in [-0.39, 0.29) is 5.75 Å². The van der Waals surface area contributed by atoms with E-state index in [0.717, 1.165) is 17.4 Å². The first-order valence-electron chi connectivity index (χ1n) is 10.0. The number of hydrogen-bond acceptors (Lipinski definition) is 2. The van der Waals surface area contributed by atoms with Crippen LogP contribution in [0.1, 0.15) is 90.9 Å². The largest absolute Gasteiger partial charge is 0.326 e. The Bertz CT molecular complexity index is 393. The van der Waals surface area contributed by atoms with E-state index in [1.165, 1.54) is 64.2 Å². The molecule has 146 valence electrons. The third-order valence-electron chi connectivity index (χ3n) is 5.24. The molecule has 0 aliphatic heterocycles. The first-order valence-corrected chi connectivity index (χ1v) is 11.6. The molecule has 0 heterocycles. The van der Waals surface area contributed by atoms with Gasteiger partial charge in [0, 0.05) is 6.42 Å². The Labute approximate surface area is 151 Å². The second-order valence-electron chi connectivity index (χ2n) is 7.82. The normalized spacial score (nSPS) is 14.0. The molecule has 24 heavy (non-hydrogen) atoms. The van der Waals surface area contributed by atoms with Gasteiger partial charge < -0.3 is 4.48 Å². The Hall–Kier alpha value is -0.130. The van der Waals surface area contributed by atoms with Crippen molar-refractivity contribution in [1.29, 1.82) is 0 Å². The van der Waals surface area contributed by atoms with Crippen LogP contribution in [0.5, 0.6) is 0 Å². The van der Waals surface area contributed by atoms with Crippen LogP contribution in [0, 0.1) is 0 Å². The molecule has 1 unspecified atom stereocenters. The summed E-state index contributed by atoms with van der Waals surface area (Å²) in [5.41, 5.74) is 0. The topological polar surface area (TPSA) is 54.4 Å². The van der Waals surface area contributed by atoms with E-state index in [0.29, 0.717) is 12.5 Å². The number of unbranched alkanes of at least 4 members (excludes halogenated alkanes) is 8. The highest BCUT2D eigenvalue weighted by Crippen LogP contribution is 2.19. The third kappa shape index (κ3) is 13.2. The highest BCUT2D eigenvalue weighted by molar-refractivity contribution is 7.85. The van der Waals surface area contributed by atoms with Gasteiger partial charge in [0.1, 0.15) is 0 Å². The maximum Gasteiger partial charge on any atom is 0.265 e. The molecule has 0 amide bonds. The van der Waals surface area contributed by atoms with Crippen molar-refractivity contribution in [3.8, 4) is 0 Å². The summed E-state index contributed by atoms with van der Waals surface area (Å²) in [4.78, 5) is 0. The van der Waals surface area contributed by atoms with E-state index in [4.69, 9.17) is 4.55 Å². The summed E-state index contributed by atoms with van der Waals surface area (Å²) in [6.45, 7) is 5.28. The Morgan fingerprint density at radius 3 is 1.79 bits per heavy atom. The summed E-state index contributed by atoms with van der Waals surface area (Å²) in [6, 6.07) is 0.580. The maximum atomic E-state index is 10.9. The minimum absolute atomic E-state index is 0.122. The Kier molecular flexibility index (Phi) is 13.1. The van der Waals surface area contributed by atoms with Gasteiger partial charge in [-0.05, 0) is 19.3 Å². The first-order chi connectivity index (χ1) is 11.2. The summed E-state index contributed by atoms with van der Waals surface area (Å²) in [5.74, 6) is -0.122. The molecule has 0 radical (unpaired) electrons. The number of hydrogen-bond donors (Lipinski definition) is 1. The van der Waals surface area contributed by atoms with Gasteiger partial charge >= 0.3 is 0 Å². The number of rotatable bonds is 16. The molecule has 0 saturated carbocycles. The molecule has 0 aliphatic carbocycles. The second kappa shape index (κ2) is 13.1. The number of quaternary nitrogens is 1. The quantitative estimate of drug-likeness (QED) is 0.237. The SMILES string of the molecule is CCCCCCCCCCCC(CC)[N+](C)(C)CCCS(=O)(=O)O. The van der Waals surface area contributed by atoms with Gasteiger partial charge in [0.15, 0.2) is 0 Å². The van der Waals surface area contributed by atoms with E-state index in [2.05, 4.69) is 27.9 Å². The van der Waals surface area contributed by atoms with Gasteiger partial charge in [-0.2, -0.15) is 8.42 Å². The van der Waals surface area contributed by atoms with Crippen LogP contribution < -0.4 is 0 Å². The summed E-state index contributed by atoms with van der Waals surface area (Å²) >= 11 is 0. The van der Waals surface area contributed by atoms with Crippen LogP contribution in [-0.2, 0) is 10.1 Å². The Balaban J connectivity index is 3.87. The molecule has 0 fully saturated rings. The summed E-state index contributed by atoms with van der Waals surface area (Å²) in [5, 5.41) is 0. The Morgan fingerprint density at radius 2 is 1.33 bits per heavy atom. The van der Waals surface area contributed by atoms with E-state index in [9.17, 15) is 8.42 Å². The summed E-state index contributed by atoms with van der Waals surface area (Å²) in [7, 11) is 0.548. The fourth-order valence-corrected chi connectivity index (χ4v) is 4.07.